The zero-order valence-electron chi connectivity index (χ0n) is 12.1. The normalized spacial score (nSPS) is 12.7. The van der Waals surface area contributed by atoms with Gasteiger partial charge in [0, 0.05) is 5.02 Å². The summed E-state index contributed by atoms with van der Waals surface area (Å²) in [4.78, 5) is 0.0490. The predicted molar refractivity (Wildman–Crippen MR) is 85.9 cm³/mol. The van der Waals surface area contributed by atoms with Crippen molar-refractivity contribution in [3.63, 3.8) is 0 Å². The number of hydrogen-bond donors (Lipinski definition) is 2. The Morgan fingerprint density at radius 2 is 1.95 bits per heavy atom. The van der Waals surface area contributed by atoms with Crippen LogP contribution in [0.3, 0.4) is 0 Å². The molecule has 0 amide bonds. The topological polar surface area (TPSA) is 75.6 Å². The fraction of sp³-hybridized carbons (Fsp3) is 0.200. The number of halogens is 1. The fourth-order valence-electron chi connectivity index (χ4n) is 1.91. The monoisotopic (exact) mass is 341 g/mol. The molecule has 0 aromatic heterocycles. The molecule has 2 aromatic carbocycles. The summed E-state index contributed by atoms with van der Waals surface area (Å²) in [7, 11) is -2.38. The molecule has 0 heterocycles. The van der Waals surface area contributed by atoms with Gasteiger partial charge in [0.25, 0.3) is 10.0 Å². The number of nitrogens with one attached hydrogen (secondary N) is 1. The molecule has 0 unspecified atom stereocenters. The van der Waals surface area contributed by atoms with Crippen molar-refractivity contribution in [1.82, 2.24) is 0 Å². The van der Waals surface area contributed by atoms with Gasteiger partial charge in [-0.05, 0) is 42.8 Å². The first-order chi connectivity index (χ1) is 10.3. The summed E-state index contributed by atoms with van der Waals surface area (Å²) < 4.78 is 32.5. The van der Waals surface area contributed by atoms with Crippen LogP contribution < -0.4 is 9.46 Å². The van der Waals surface area contributed by atoms with Crippen molar-refractivity contribution < 1.29 is 18.3 Å². The maximum Gasteiger partial charge on any atom is 0.262 e. The molecule has 118 valence electrons. The van der Waals surface area contributed by atoms with E-state index in [1.807, 2.05) is 0 Å². The molecular weight excluding hydrogens is 326 g/mol. The van der Waals surface area contributed by atoms with Crippen molar-refractivity contribution in [2.24, 2.45) is 0 Å². The van der Waals surface area contributed by atoms with Gasteiger partial charge in [-0.15, -0.1) is 0 Å². The van der Waals surface area contributed by atoms with E-state index in [0.29, 0.717) is 16.3 Å². The molecule has 2 rings (SSSR count). The Morgan fingerprint density at radius 1 is 1.23 bits per heavy atom. The van der Waals surface area contributed by atoms with Crippen molar-refractivity contribution in [3.05, 3.63) is 53.1 Å². The number of aliphatic hydroxyl groups excluding tert-OH is 1. The lowest BCUT2D eigenvalue weighted by Crippen LogP contribution is -2.14. The molecule has 0 radical (unpaired) electrons. The number of anilines is 1. The fourth-order valence-corrected chi connectivity index (χ4v) is 3.19. The van der Waals surface area contributed by atoms with Crippen LogP contribution in [-0.4, -0.2) is 20.6 Å². The van der Waals surface area contributed by atoms with Gasteiger partial charge in [-0.1, -0.05) is 23.7 Å². The maximum atomic E-state index is 12.5. The van der Waals surface area contributed by atoms with Gasteiger partial charge in [0.05, 0.1) is 23.8 Å². The number of sulfonamides is 1. The number of rotatable bonds is 5. The highest BCUT2D eigenvalue weighted by atomic mass is 35.5. The largest absolute Gasteiger partial charge is 0.495 e. The number of hydrogen-bond acceptors (Lipinski definition) is 4. The lowest BCUT2D eigenvalue weighted by atomic mass is 10.1. The Balaban J connectivity index is 2.40. The van der Waals surface area contributed by atoms with E-state index >= 15 is 0 Å². The number of ether oxygens (including phenoxy) is 1. The minimum atomic E-state index is -3.82. The number of aliphatic hydroxyl groups is 1. The SMILES string of the molecule is COc1ccc(Cl)cc1NS(=O)(=O)c1cccc([C@@H](C)O)c1. The van der Waals surface area contributed by atoms with E-state index in [2.05, 4.69) is 4.72 Å². The number of benzene rings is 2. The lowest BCUT2D eigenvalue weighted by molar-refractivity contribution is 0.199. The van der Waals surface area contributed by atoms with Gasteiger partial charge < -0.3 is 9.84 Å². The zero-order valence-corrected chi connectivity index (χ0v) is 13.6. The van der Waals surface area contributed by atoms with Crippen LogP contribution in [-0.2, 0) is 10.0 Å². The second-order valence-corrected chi connectivity index (χ2v) is 6.82. The Bertz CT molecular complexity index is 775. The van der Waals surface area contributed by atoms with Crippen LogP contribution in [0, 0.1) is 0 Å². The molecule has 2 aromatic rings. The van der Waals surface area contributed by atoms with E-state index < -0.39 is 16.1 Å². The maximum absolute atomic E-state index is 12.5. The second-order valence-electron chi connectivity index (χ2n) is 4.70. The van der Waals surface area contributed by atoms with Gasteiger partial charge in [-0.2, -0.15) is 0 Å². The average Bonchev–Trinajstić information content (AvgIpc) is 2.47. The predicted octanol–water partition coefficient (Wildman–Crippen LogP) is 3.20. The first kappa shape index (κ1) is 16.6. The van der Waals surface area contributed by atoms with Crippen LogP contribution in [0.4, 0.5) is 5.69 Å². The van der Waals surface area contributed by atoms with E-state index in [-0.39, 0.29) is 10.6 Å². The van der Waals surface area contributed by atoms with Crippen LogP contribution in [0.2, 0.25) is 5.02 Å². The summed E-state index contributed by atoms with van der Waals surface area (Å²) >= 11 is 5.89. The lowest BCUT2D eigenvalue weighted by Gasteiger charge is -2.13. The summed E-state index contributed by atoms with van der Waals surface area (Å²) in [6, 6.07) is 10.7. The quantitative estimate of drug-likeness (QED) is 0.875. The third-order valence-corrected chi connectivity index (χ3v) is 4.65. The molecule has 0 bridgehead atoms. The first-order valence-electron chi connectivity index (χ1n) is 6.48. The summed E-state index contributed by atoms with van der Waals surface area (Å²) in [5.41, 5.74) is 0.762. The molecule has 0 aliphatic rings. The van der Waals surface area contributed by atoms with E-state index in [0.717, 1.165) is 0 Å². The Morgan fingerprint density at radius 3 is 2.59 bits per heavy atom. The van der Waals surface area contributed by atoms with Crippen LogP contribution in [0.15, 0.2) is 47.4 Å². The molecule has 0 aliphatic heterocycles. The molecule has 5 nitrogen and oxygen atoms in total. The molecular formula is C15H16ClNO4S. The van der Waals surface area contributed by atoms with Crippen molar-refractivity contribution in [2.75, 3.05) is 11.8 Å². The summed E-state index contributed by atoms with van der Waals surface area (Å²) in [6.45, 7) is 1.57. The molecule has 0 fully saturated rings. The Hall–Kier alpha value is -1.76. The zero-order chi connectivity index (χ0) is 16.3. The highest BCUT2D eigenvalue weighted by Crippen LogP contribution is 2.30. The van der Waals surface area contributed by atoms with Crippen LogP contribution in [0.1, 0.15) is 18.6 Å². The molecule has 2 N–H and O–H groups in total. The van der Waals surface area contributed by atoms with Crippen molar-refractivity contribution in [2.45, 2.75) is 17.9 Å². The van der Waals surface area contributed by atoms with Gasteiger partial charge in [0.2, 0.25) is 0 Å². The Labute approximate surface area is 134 Å². The minimum absolute atomic E-state index is 0.0490. The smallest absolute Gasteiger partial charge is 0.262 e. The number of methoxy groups -OCH3 is 1. The van der Waals surface area contributed by atoms with Crippen LogP contribution in [0.5, 0.6) is 5.75 Å². The second kappa shape index (κ2) is 6.56. The molecule has 7 heteroatoms. The van der Waals surface area contributed by atoms with Crippen molar-refractivity contribution in [1.29, 1.82) is 0 Å². The molecule has 1 atom stereocenters. The molecule has 0 spiro atoms. The minimum Gasteiger partial charge on any atom is -0.495 e. The van der Waals surface area contributed by atoms with Gasteiger partial charge in [-0.25, -0.2) is 8.42 Å². The highest BCUT2D eigenvalue weighted by Gasteiger charge is 2.18. The van der Waals surface area contributed by atoms with Gasteiger partial charge in [0.1, 0.15) is 5.75 Å². The van der Waals surface area contributed by atoms with Gasteiger partial charge in [0.15, 0.2) is 0 Å². The standard InChI is InChI=1S/C15H16ClNO4S/c1-10(18)11-4-3-5-13(8-11)22(19,20)17-14-9-12(16)6-7-15(14)21-2/h3-10,17-18H,1-2H3/t10-/m1/s1. The molecule has 0 saturated heterocycles. The highest BCUT2D eigenvalue weighted by molar-refractivity contribution is 7.92. The molecule has 0 aliphatic carbocycles. The summed E-state index contributed by atoms with van der Waals surface area (Å²) in [5, 5.41) is 9.95. The van der Waals surface area contributed by atoms with Crippen LogP contribution in [0.25, 0.3) is 0 Å². The Kier molecular flexibility index (Phi) is 4.95. The van der Waals surface area contributed by atoms with Gasteiger partial charge >= 0.3 is 0 Å². The molecule has 22 heavy (non-hydrogen) atoms. The summed E-state index contributed by atoms with van der Waals surface area (Å²) in [6.07, 6.45) is -0.754. The molecule has 0 saturated carbocycles. The van der Waals surface area contributed by atoms with E-state index in [9.17, 15) is 13.5 Å². The van der Waals surface area contributed by atoms with Gasteiger partial charge in [-0.3, -0.25) is 4.72 Å². The van der Waals surface area contributed by atoms with E-state index in [1.165, 1.54) is 25.3 Å². The third-order valence-electron chi connectivity index (χ3n) is 3.06. The van der Waals surface area contributed by atoms with Crippen molar-refractivity contribution >= 4 is 27.3 Å². The van der Waals surface area contributed by atoms with Crippen LogP contribution >= 0.6 is 11.6 Å². The summed E-state index contributed by atoms with van der Waals surface area (Å²) in [5.74, 6) is 0.361. The van der Waals surface area contributed by atoms with E-state index in [4.69, 9.17) is 16.3 Å². The first-order valence-corrected chi connectivity index (χ1v) is 8.34. The average molecular weight is 342 g/mol. The van der Waals surface area contributed by atoms with Crippen molar-refractivity contribution in [3.8, 4) is 5.75 Å². The van der Waals surface area contributed by atoms with E-state index in [1.54, 1.807) is 31.2 Å². The third kappa shape index (κ3) is 3.71.